The molecule has 3 N–H and O–H groups in total. The molecule has 3 atom stereocenters. The Kier molecular flexibility index (Phi) is 7.57. The lowest BCUT2D eigenvalue weighted by Gasteiger charge is -2.31. The van der Waals surface area contributed by atoms with Crippen LogP contribution in [0.15, 0.2) is 48.5 Å². The zero-order valence-electron chi connectivity index (χ0n) is 19.0. The van der Waals surface area contributed by atoms with E-state index in [1.54, 1.807) is 41.3 Å². The van der Waals surface area contributed by atoms with E-state index < -0.39 is 11.8 Å². The molecule has 7 nitrogen and oxygen atoms in total. The van der Waals surface area contributed by atoms with Crippen LogP contribution in [0, 0.1) is 5.82 Å². The summed E-state index contributed by atoms with van der Waals surface area (Å²) in [5.74, 6) is -1.34. The number of carbonyl (C=O) groups excluding carboxylic acids is 3. The van der Waals surface area contributed by atoms with E-state index in [0.29, 0.717) is 50.3 Å². The highest BCUT2D eigenvalue weighted by Crippen LogP contribution is 2.40. The minimum absolute atomic E-state index is 0.0549. The van der Waals surface area contributed by atoms with E-state index in [4.69, 9.17) is 10.5 Å². The maximum absolute atomic E-state index is 13.4. The summed E-state index contributed by atoms with van der Waals surface area (Å²) in [5, 5.41) is 3.03. The number of carbonyl (C=O) groups is 3. The largest absolute Gasteiger partial charge is 0.378 e. The third-order valence-corrected chi connectivity index (χ3v) is 6.55. The van der Waals surface area contributed by atoms with Crippen LogP contribution in [0.3, 0.4) is 0 Å². The smallest absolute Gasteiger partial charge is 0.249 e. The number of morpholine rings is 1. The fraction of sp³-hybridized carbons (Fsp3) is 0.423. The number of halogens is 1. The highest BCUT2D eigenvalue weighted by molar-refractivity contribution is 5.97. The van der Waals surface area contributed by atoms with Crippen LogP contribution in [-0.4, -0.2) is 55.0 Å². The van der Waals surface area contributed by atoms with Gasteiger partial charge in [0.2, 0.25) is 17.7 Å². The summed E-state index contributed by atoms with van der Waals surface area (Å²) in [5.41, 5.74) is 7.52. The Labute approximate surface area is 198 Å². The molecule has 1 aliphatic carbocycles. The van der Waals surface area contributed by atoms with Crippen LogP contribution in [0.25, 0.3) is 0 Å². The second-order valence-corrected chi connectivity index (χ2v) is 8.90. The third-order valence-electron chi connectivity index (χ3n) is 6.55. The molecule has 2 aromatic carbocycles. The second kappa shape index (κ2) is 10.8. The molecule has 0 spiro atoms. The number of primary amides is 1. The van der Waals surface area contributed by atoms with Crippen molar-refractivity contribution in [2.75, 3.05) is 26.3 Å². The maximum Gasteiger partial charge on any atom is 0.249 e. The van der Waals surface area contributed by atoms with Crippen molar-refractivity contribution in [3.05, 3.63) is 71.0 Å². The molecular weight excluding hydrogens is 437 g/mol. The summed E-state index contributed by atoms with van der Waals surface area (Å²) in [6, 6.07) is 13.3. The highest BCUT2D eigenvalue weighted by atomic mass is 19.1. The number of nitrogens with two attached hydrogens (primary N) is 1. The molecule has 1 saturated heterocycles. The Balaban J connectivity index is 1.36. The Bertz CT molecular complexity index is 1040. The standard InChI is InChI=1S/C26H30FN3O4/c27-18-10-8-17(9-11-18)22-16-23(22)29-24(31)7-3-6-21(26(33)30-12-14-34-15-13-30)19-4-1-2-5-20(19)25(28)32/h1-2,4-5,8-11,21-23H,3,6-7,12-16H2,(H2,28,32)(H,29,31)/t21-,22-,23+/m0/s1. The van der Waals surface area contributed by atoms with E-state index in [1.807, 2.05) is 0 Å². The van der Waals surface area contributed by atoms with Gasteiger partial charge in [-0.2, -0.15) is 0 Å². The molecule has 8 heteroatoms. The molecule has 2 fully saturated rings. The van der Waals surface area contributed by atoms with Gasteiger partial charge in [0.25, 0.3) is 0 Å². The summed E-state index contributed by atoms with van der Waals surface area (Å²) < 4.78 is 18.5. The number of hydrogen-bond donors (Lipinski definition) is 2. The van der Waals surface area contributed by atoms with Crippen molar-refractivity contribution in [1.29, 1.82) is 0 Å². The first-order chi connectivity index (χ1) is 16.4. The van der Waals surface area contributed by atoms with Gasteiger partial charge < -0.3 is 20.7 Å². The second-order valence-electron chi connectivity index (χ2n) is 8.90. The monoisotopic (exact) mass is 467 g/mol. The van der Waals surface area contributed by atoms with Crippen LogP contribution in [-0.2, 0) is 14.3 Å². The summed E-state index contributed by atoms with van der Waals surface area (Å²) >= 11 is 0. The topological polar surface area (TPSA) is 102 Å². The minimum Gasteiger partial charge on any atom is -0.378 e. The molecule has 0 radical (unpaired) electrons. The average Bonchev–Trinajstić information content (AvgIpc) is 3.61. The number of benzene rings is 2. The first-order valence-corrected chi connectivity index (χ1v) is 11.7. The van der Waals surface area contributed by atoms with E-state index in [-0.39, 0.29) is 36.0 Å². The fourth-order valence-corrected chi connectivity index (χ4v) is 4.62. The average molecular weight is 468 g/mol. The molecular formula is C26H30FN3O4. The number of rotatable bonds is 9. The molecule has 0 aromatic heterocycles. The maximum atomic E-state index is 13.4. The fourth-order valence-electron chi connectivity index (χ4n) is 4.62. The molecule has 1 aliphatic heterocycles. The van der Waals surface area contributed by atoms with Gasteiger partial charge in [-0.25, -0.2) is 4.39 Å². The lowest BCUT2D eigenvalue weighted by Crippen LogP contribution is -2.43. The van der Waals surface area contributed by atoms with Crippen molar-refractivity contribution >= 4 is 17.7 Å². The molecule has 2 aliphatic rings. The molecule has 1 heterocycles. The summed E-state index contributed by atoms with van der Waals surface area (Å²) in [6.07, 6.45) is 2.04. The van der Waals surface area contributed by atoms with Gasteiger partial charge in [0.1, 0.15) is 5.82 Å². The predicted octanol–water partition coefficient (Wildman–Crippen LogP) is 2.71. The van der Waals surface area contributed by atoms with E-state index >= 15 is 0 Å². The Morgan fingerprint density at radius 2 is 1.79 bits per heavy atom. The van der Waals surface area contributed by atoms with Crippen LogP contribution < -0.4 is 11.1 Å². The molecule has 0 bridgehead atoms. The highest BCUT2D eigenvalue weighted by Gasteiger charge is 2.39. The Morgan fingerprint density at radius 3 is 2.50 bits per heavy atom. The number of amides is 3. The van der Waals surface area contributed by atoms with Gasteiger partial charge >= 0.3 is 0 Å². The third kappa shape index (κ3) is 5.80. The van der Waals surface area contributed by atoms with Gasteiger partial charge in [0, 0.05) is 37.0 Å². The van der Waals surface area contributed by atoms with Crippen LogP contribution in [0.5, 0.6) is 0 Å². The molecule has 0 unspecified atom stereocenters. The molecule has 4 rings (SSSR count). The van der Waals surface area contributed by atoms with Gasteiger partial charge in [0.05, 0.1) is 19.1 Å². The number of ether oxygens (including phenoxy) is 1. The number of nitrogens with one attached hydrogen (secondary N) is 1. The minimum atomic E-state index is -0.575. The van der Waals surface area contributed by atoms with Crippen molar-refractivity contribution in [3.8, 4) is 0 Å². The predicted molar refractivity (Wildman–Crippen MR) is 125 cm³/mol. The van der Waals surface area contributed by atoms with Crippen molar-refractivity contribution in [2.24, 2.45) is 5.73 Å². The molecule has 1 saturated carbocycles. The van der Waals surface area contributed by atoms with E-state index in [0.717, 1.165) is 12.0 Å². The zero-order valence-corrected chi connectivity index (χ0v) is 19.0. The first-order valence-electron chi connectivity index (χ1n) is 11.7. The van der Waals surface area contributed by atoms with Crippen LogP contribution in [0.4, 0.5) is 4.39 Å². The SMILES string of the molecule is NC(=O)c1ccccc1[C@H](CCCC(=O)N[C@@H]1C[C@H]1c1ccc(F)cc1)C(=O)N1CCOCC1. The van der Waals surface area contributed by atoms with Gasteiger partial charge in [-0.15, -0.1) is 0 Å². The number of hydrogen-bond acceptors (Lipinski definition) is 4. The first kappa shape index (κ1) is 23.9. The summed E-state index contributed by atoms with van der Waals surface area (Å²) in [6.45, 7) is 1.96. The lowest BCUT2D eigenvalue weighted by atomic mass is 9.88. The zero-order chi connectivity index (χ0) is 24.1. The molecule has 2 aromatic rings. The quantitative estimate of drug-likeness (QED) is 0.592. The van der Waals surface area contributed by atoms with Crippen molar-refractivity contribution in [1.82, 2.24) is 10.2 Å². The van der Waals surface area contributed by atoms with Crippen molar-refractivity contribution in [3.63, 3.8) is 0 Å². The summed E-state index contributed by atoms with van der Waals surface area (Å²) in [4.78, 5) is 39.6. The molecule has 34 heavy (non-hydrogen) atoms. The number of nitrogens with zero attached hydrogens (tertiary/aromatic N) is 1. The van der Waals surface area contributed by atoms with Crippen molar-refractivity contribution in [2.45, 2.75) is 43.6 Å². The molecule has 3 amide bonds. The van der Waals surface area contributed by atoms with Crippen LogP contribution in [0.2, 0.25) is 0 Å². The Morgan fingerprint density at radius 1 is 1.09 bits per heavy atom. The molecule has 180 valence electrons. The van der Waals surface area contributed by atoms with E-state index in [2.05, 4.69) is 5.32 Å². The lowest BCUT2D eigenvalue weighted by molar-refractivity contribution is -0.137. The van der Waals surface area contributed by atoms with Gasteiger partial charge in [0.15, 0.2) is 0 Å². The Hall–Kier alpha value is -3.26. The van der Waals surface area contributed by atoms with E-state index in [1.165, 1.54) is 12.1 Å². The van der Waals surface area contributed by atoms with E-state index in [9.17, 15) is 18.8 Å². The van der Waals surface area contributed by atoms with Crippen LogP contribution in [0.1, 0.15) is 59.0 Å². The van der Waals surface area contributed by atoms with Crippen molar-refractivity contribution < 1.29 is 23.5 Å². The van der Waals surface area contributed by atoms with Crippen LogP contribution >= 0.6 is 0 Å². The van der Waals surface area contributed by atoms with Gasteiger partial charge in [-0.05, 0) is 48.6 Å². The van der Waals surface area contributed by atoms with Gasteiger partial charge in [-0.1, -0.05) is 30.3 Å². The van der Waals surface area contributed by atoms with Gasteiger partial charge in [-0.3, -0.25) is 14.4 Å². The summed E-state index contributed by atoms with van der Waals surface area (Å²) in [7, 11) is 0. The normalized spacial score (nSPS) is 20.4.